The summed E-state index contributed by atoms with van der Waals surface area (Å²) in [6.45, 7) is 8.75. The number of fused-ring (bicyclic) bond motifs is 3. The van der Waals surface area contributed by atoms with Crippen LogP contribution in [0.4, 0.5) is 10.2 Å². The summed E-state index contributed by atoms with van der Waals surface area (Å²) < 4.78 is 28.9. The molecule has 0 unspecified atom stereocenters. The predicted octanol–water partition coefficient (Wildman–Crippen LogP) is 5.57. The number of ether oxygens (including phenoxy) is 2. The van der Waals surface area contributed by atoms with Crippen molar-refractivity contribution >= 4 is 30.8 Å². The molecule has 10 heteroatoms. The van der Waals surface area contributed by atoms with Crippen molar-refractivity contribution in [3.8, 4) is 0 Å². The minimum absolute atomic E-state index is 0.0492. The highest BCUT2D eigenvalue weighted by molar-refractivity contribution is 6.76. The van der Waals surface area contributed by atoms with Gasteiger partial charge in [-0.3, -0.25) is 9.78 Å². The zero-order valence-corrected chi connectivity index (χ0v) is 24.1. The van der Waals surface area contributed by atoms with Crippen molar-refractivity contribution in [2.75, 3.05) is 12.3 Å². The first-order chi connectivity index (χ1) is 18.7. The largest absolute Gasteiger partial charge is 0.383 e. The van der Waals surface area contributed by atoms with Crippen LogP contribution in [0, 0.1) is 5.82 Å². The molecule has 3 aliphatic rings. The van der Waals surface area contributed by atoms with Crippen molar-refractivity contribution in [1.29, 1.82) is 0 Å². The summed E-state index contributed by atoms with van der Waals surface area (Å²) in [6.07, 6.45) is 6.80. The summed E-state index contributed by atoms with van der Waals surface area (Å²) in [5.74, 6) is 0.359. The molecule has 2 saturated carbocycles. The van der Waals surface area contributed by atoms with Crippen LogP contribution in [0.3, 0.4) is 0 Å². The summed E-state index contributed by atoms with van der Waals surface area (Å²) in [7, 11) is -1.28. The molecule has 1 aliphatic heterocycles. The molecule has 208 valence electrons. The van der Waals surface area contributed by atoms with E-state index in [2.05, 4.69) is 29.6 Å². The van der Waals surface area contributed by atoms with Crippen LogP contribution >= 0.6 is 0 Å². The van der Waals surface area contributed by atoms with E-state index in [1.807, 2.05) is 4.57 Å². The Kier molecular flexibility index (Phi) is 6.97. The van der Waals surface area contributed by atoms with E-state index in [0.29, 0.717) is 48.5 Å². The van der Waals surface area contributed by atoms with E-state index in [-0.39, 0.29) is 31.0 Å². The van der Waals surface area contributed by atoms with E-state index >= 15 is 4.39 Å². The number of hydrogen-bond donors (Lipinski definition) is 1. The minimum Gasteiger partial charge on any atom is -0.383 e. The summed E-state index contributed by atoms with van der Waals surface area (Å²) in [5, 5.41) is 0. The van der Waals surface area contributed by atoms with Gasteiger partial charge >= 0.3 is 0 Å². The van der Waals surface area contributed by atoms with Gasteiger partial charge < -0.3 is 24.7 Å². The average Bonchev–Trinajstić information content (AvgIpc) is 3.47. The van der Waals surface area contributed by atoms with Gasteiger partial charge in [0.05, 0.1) is 36.5 Å². The molecule has 0 radical (unpaired) electrons. The van der Waals surface area contributed by atoms with Crippen LogP contribution in [0.25, 0.3) is 11.0 Å². The quantitative estimate of drug-likeness (QED) is 0.262. The SMILES string of the molecule is C[Si](C)(C)CCOCn1c(C(=O)N(Cc2ncc(C3CC3)cc2F)C2CCC2)cc2nc(N)c3c(c21)COC3. The van der Waals surface area contributed by atoms with Crippen LogP contribution in [-0.2, 0) is 36.0 Å². The Hall–Kier alpha value is -2.82. The van der Waals surface area contributed by atoms with Gasteiger partial charge in [0.1, 0.15) is 24.1 Å². The number of carbonyl (C=O) groups is 1. The molecule has 2 aliphatic carbocycles. The lowest BCUT2D eigenvalue weighted by Crippen LogP contribution is -2.44. The zero-order valence-electron chi connectivity index (χ0n) is 23.1. The monoisotopic (exact) mass is 551 g/mol. The molecule has 2 N–H and O–H groups in total. The van der Waals surface area contributed by atoms with E-state index in [4.69, 9.17) is 15.2 Å². The van der Waals surface area contributed by atoms with Crippen molar-refractivity contribution in [3.05, 3.63) is 52.2 Å². The molecule has 2 fully saturated rings. The fourth-order valence-electron chi connectivity index (χ4n) is 5.46. The van der Waals surface area contributed by atoms with Gasteiger partial charge in [-0.1, -0.05) is 19.6 Å². The number of halogens is 1. The van der Waals surface area contributed by atoms with Gasteiger partial charge in [0.15, 0.2) is 0 Å². The summed E-state index contributed by atoms with van der Waals surface area (Å²) in [4.78, 5) is 25.1. The lowest BCUT2D eigenvalue weighted by molar-refractivity contribution is 0.0504. The molecule has 0 bridgehead atoms. The first-order valence-electron chi connectivity index (χ1n) is 14.1. The molecule has 0 spiro atoms. The number of amides is 1. The topological polar surface area (TPSA) is 95.5 Å². The zero-order chi connectivity index (χ0) is 27.3. The predicted molar refractivity (Wildman–Crippen MR) is 150 cm³/mol. The normalized spacial score (nSPS) is 17.4. The van der Waals surface area contributed by atoms with Gasteiger partial charge in [0, 0.05) is 38.0 Å². The lowest BCUT2D eigenvalue weighted by Gasteiger charge is -2.37. The van der Waals surface area contributed by atoms with Crippen LogP contribution in [0.1, 0.15) is 70.9 Å². The molecule has 3 aromatic heterocycles. The summed E-state index contributed by atoms with van der Waals surface area (Å²) in [6, 6.07) is 4.48. The molecule has 6 rings (SSSR count). The third-order valence-electron chi connectivity index (χ3n) is 8.29. The fourth-order valence-corrected chi connectivity index (χ4v) is 6.22. The lowest BCUT2D eigenvalue weighted by atomic mass is 9.91. The molecule has 0 atom stereocenters. The van der Waals surface area contributed by atoms with Crippen LogP contribution in [-0.4, -0.2) is 46.1 Å². The van der Waals surface area contributed by atoms with Crippen LogP contribution in [0.15, 0.2) is 18.3 Å². The first kappa shape index (κ1) is 26.4. The van der Waals surface area contributed by atoms with E-state index in [9.17, 15) is 4.79 Å². The number of rotatable bonds is 10. The van der Waals surface area contributed by atoms with E-state index in [0.717, 1.165) is 60.4 Å². The van der Waals surface area contributed by atoms with Crippen molar-refractivity contribution in [3.63, 3.8) is 0 Å². The Morgan fingerprint density at radius 2 is 1.97 bits per heavy atom. The molecule has 39 heavy (non-hydrogen) atoms. The number of pyridine rings is 2. The number of nitrogen functional groups attached to an aromatic ring is 1. The number of aromatic nitrogens is 3. The Bertz CT molecular complexity index is 1410. The maximum atomic E-state index is 15.1. The first-order valence-corrected chi connectivity index (χ1v) is 17.8. The standard InChI is InChI=1S/C29H38FN5O3Si/c1-39(2,3)10-9-37-17-35-26(12-24-27(35)21-15-38-16-22(21)28(31)33-24)29(36)34(20-5-4-6-20)14-25-23(30)11-19(13-32-25)18-7-8-18/h11-13,18,20H,4-10,14-17H2,1-3H3,(H2,31,33). The van der Waals surface area contributed by atoms with E-state index < -0.39 is 8.07 Å². The Labute approximate surface area is 229 Å². The van der Waals surface area contributed by atoms with Crippen molar-refractivity contribution < 1.29 is 18.7 Å². The highest BCUT2D eigenvalue weighted by Crippen LogP contribution is 2.40. The smallest absolute Gasteiger partial charge is 0.271 e. The van der Waals surface area contributed by atoms with Crippen molar-refractivity contribution in [2.45, 2.75) is 96.2 Å². The molecule has 0 saturated heterocycles. The second-order valence-corrected chi connectivity index (χ2v) is 18.1. The van der Waals surface area contributed by atoms with Gasteiger partial charge in [-0.05, 0) is 61.8 Å². The van der Waals surface area contributed by atoms with Gasteiger partial charge in [-0.25, -0.2) is 9.37 Å². The van der Waals surface area contributed by atoms with E-state index in [1.165, 1.54) is 0 Å². The van der Waals surface area contributed by atoms with Crippen LogP contribution in [0.5, 0.6) is 0 Å². The molecule has 3 aromatic rings. The third-order valence-corrected chi connectivity index (χ3v) is 9.99. The second-order valence-electron chi connectivity index (χ2n) is 12.5. The number of anilines is 1. The van der Waals surface area contributed by atoms with Crippen LogP contribution in [0.2, 0.25) is 25.7 Å². The Morgan fingerprint density at radius 3 is 2.64 bits per heavy atom. The van der Waals surface area contributed by atoms with E-state index in [1.54, 1.807) is 23.2 Å². The number of hydrogen-bond acceptors (Lipinski definition) is 6. The molecule has 1 amide bonds. The van der Waals surface area contributed by atoms with Gasteiger partial charge in [-0.15, -0.1) is 0 Å². The average molecular weight is 552 g/mol. The van der Waals surface area contributed by atoms with Crippen molar-refractivity contribution in [1.82, 2.24) is 19.4 Å². The van der Waals surface area contributed by atoms with Gasteiger partial charge in [-0.2, -0.15) is 0 Å². The molecular weight excluding hydrogens is 513 g/mol. The number of nitrogens with zero attached hydrogens (tertiary/aromatic N) is 4. The Balaban J connectivity index is 1.35. The van der Waals surface area contributed by atoms with Crippen molar-refractivity contribution in [2.24, 2.45) is 0 Å². The minimum atomic E-state index is -1.28. The molecular formula is C29H38FN5O3Si. The third kappa shape index (κ3) is 5.34. The van der Waals surface area contributed by atoms with Gasteiger partial charge in [0.25, 0.3) is 5.91 Å². The highest BCUT2D eigenvalue weighted by Gasteiger charge is 2.34. The van der Waals surface area contributed by atoms with Crippen LogP contribution < -0.4 is 5.73 Å². The maximum Gasteiger partial charge on any atom is 0.271 e. The second kappa shape index (κ2) is 10.3. The summed E-state index contributed by atoms with van der Waals surface area (Å²) >= 11 is 0. The fraction of sp³-hybridized carbons (Fsp3) is 0.552. The Morgan fingerprint density at radius 1 is 1.21 bits per heavy atom. The van der Waals surface area contributed by atoms with Gasteiger partial charge in [0.2, 0.25) is 0 Å². The summed E-state index contributed by atoms with van der Waals surface area (Å²) in [5.41, 5.74) is 11.3. The number of carbonyl (C=O) groups excluding carboxylic acids is 1. The maximum absolute atomic E-state index is 15.1. The molecule has 0 aromatic carbocycles. The number of nitrogens with two attached hydrogens (primary N) is 1. The molecule has 4 heterocycles. The highest BCUT2D eigenvalue weighted by atomic mass is 28.3. The molecule has 8 nitrogen and oxygen atoms in total.